The van der Waals surface area contributed by atoms with E-state index in [2.05, 4.69) is 75.9 Å². The van der Waals surface area contributed by atoms with Crippen molar-refractivity contribution in [1.82, 2.24) is 20.4 Å². The van der Waals surface area contributed by atoms with Crippen LogP contribution in [0.25, 0.3) is 0 Å². The van der Waals surface area contributed by atoms with Crippen molar-refractivity contribution in [3.05, 3.63) is 0 Å². The molecule has 0 atom stereocenters. The number of nitrogens with one attached hydrogen (secondary N) is 2. The molecule has 0 amide bonds. The number of guanidine groups is 1. The normalized spacial score (nSPS) is 12.9. The standard InChI is InChI=1S/C20H45N5/c1-9-21-20(22-13-10-11-15-24(8)17(2)3)23-14-12-16-25(18(4)5)19(6)7/h17-19H,9-16H2,1-8H3,(H2,21,22,23). The second-order valence-corrected chi connectivity index (χ2v) is 7.75. The number of hydrogen-bond donors (Lipinski definition) is 2. The highest BCUT2D eigenvalue weighted by atomic mass is 15.2. The molecule has 0 bridgehead atoms. The minimum Gasteiger partial charge on any atom is -0.357 e. The number of aliphatic imine (C=N–C) groups is 1. The smallest absolute Gasteiger partial charge is 0.191 e. The molecule has 0 aliphatic rings. The lowest BCUT2D eigenvalue weighted by Crippen LogP contribution is -2.39. The van der Waals surface area contributed by atoms with Gasteiger partial charge in [-0.15, -0.1) is 0 Å². The van der Waals surface area contributed by atoms with Gasteiger partial charge in [-0.1, -0.05) is 0 Å². The van der Waals surface area contributed by atoms with Crippen LogP contribution in [0.3, 0.4) is 0 Å². The predicted molar refractivity (Wildman–Crippen MR) is 113 cm³/mol. The topological polar surface area (TPSA) is 42.9 Å². The Labute approximate surface area is 157 Å². The quantitative estimate of drug-likeness (QED) is 0.302. The summed E-state index contributed by atoms with van der Waals surface area (Å²) in [6.07, 6.45) is 3.50. The highest BCUT2D eigenvalue weighted by molar-refractivity contribution is 5.79. The van der Waals surface area contributed by atoms with E-state index in [1.165, 1.54) is 12.8 Å². The molecule has 0 spiro atoms. The first-order valence-corrected chi connectivity index (χ1v) is 10.3. The van der Waals surface area contributed by atoms with Gasteiger partial charge in [-0.05, 0) is 81.3 Å². The van der Waals surface area contributed by atoms with Crippen molar-refractivity contribution in [2.24, 2.45) is 4.99 Å². The molecular weight excluding hydrogens is 310 g/mol. The summed E-state index contributed by atoms with van der Waals surface area (Å²) in [4.78, 5) is 9.65. The van der Waals surface area contributed by atoms with Crippen LogP contribution in [0.5, 0.6) is 0 Å². The third-order valence-corrected chi connectivity index (χ3v) is 4.63. The molecular formula is C20H45N5. The van der Waals surface area contributed by atoms with E-state index in [0.717, 1.165) is 45.1 Å². The molecule has 0 aromatic carbocycles. The Hall–Kier alpha value is -0.810. The van der Waals surface area contributed by atoms with E-state index in [1.54, 1.807) is 0 Å². The first kappa shape index (κ1) is 24.2. The van der Waals surface area contributed by atoms with Gasteiger partial charge in [0.1, 0.15) is 0 Å². The molecule has 0 fully saturated rings. The molecule has 2 N–H and O–H groups in total. The van der Waals surface area contributed by atoms with Crippen molar-refractivity contribution in [2.75, 3.05) is 39.8 Å². The molecule has 0 aliphatic carbocycles. The van der Waals surface area contributed by atoms with E-state index >= 15 is 0 Å². The third kappa shape index (κ3) is 12.2. The number of nitrogens with zero attached hydrogens (tertiary/aromatic N) is 3. The van der Waals surface area contributed by atoms with Crippen LogP contribution in [0.1, 0.15) is 67.7 Å². The maximum Gasteiger partial charge on any atom is 0.191 e. The van der Waals surface area contributed by atoms with Gasteiger partial charge in [0.25, 0.3) is 0 Å². The molecule has 0 unspecified atom stereocenters. The van der Waals surface area contributed by atoms with Gasteiger partial charge in [0.15, 0.2) is 5.96 Å². The van der Waals surface area contributed by atoms with Crippen molar-refractivity contribution in [2.45, 2.75) is 85.9 Å². The minimum absolute atomic E-state index is 0.597. The van der Waals surface area contributed by atoms with Crippen molar-refractivity contribution in [1.29, 1.82) is 0 Å². The summed E-state index contributed by atoms with van der Waals surface area (Å²) in [6, 6.07) is 1.82. The lowest BCUT2D eigenvalue weighted by atomic mass is 10.2. The SMILES string of the molecule is CCNC(=NCCCN(C(C)C)C(C)C)NCCCCN(C)C(C)C. The highest BCUT2D eigenvalue weighted by Gasteiger charge is 2.12. The van der Waals surface area contributed by atoms with Crippen molar-refractivity contribution < 1.29 is 0 Å². The summed E-state index contributed by atoms with van der Waals surface area (Å²) >= 11 is 0. The summed E-state index contributed by atoms with van der Waals surface area (Å²) in [5, 5.41) is 6.81. The molecule has 0 aliphatic heterocycles. The molecule has 150 valence electrons. The van der Waals surface area contributed by atoms with Gasteiger partial charge in [0.05, 0.1) is 0 Å². The van der Waals surface area contributed by atoms with Gasteiger partial charge in [0.2, 0.25) is 0 Å². The molecule has 0 aromatic heterocycles. The maximum atomic E-state index is 4.72. The molecule has 0 saturated heterocycles. The van der Waals surface area contributed by atoms with Crippen LogP contribution in [0, 0.1) is 0 Å². The van der Waals surface area contributed by atoms with E-state index in [0.29, 0.717) is 18.1 Å². The Balaban J connectivity index is 4.08. The first-order valence-electron chi connectivity index (χ1n) is 10.3. The summed E-state index contributed by atoms with van der Waals surface area (Å²) in [5.41, 5.74) is 0. The molecule has 0 saturated carbocycles. The van der Waals surface area contributed by atoms with Crippen LogP contribution < -0.4 is 10.6 Å². The molecule has 5 nitrogen and oxygen atoms in total. The average Bonchev–Trinajstić information content (AvgIpc) is 2.52. The monoisotopic (exact) mass is 355 g/mol. The van der Waals surface area contributed by atoms with Crippen molar-refractivity contribution in [3.8, 4) is 0 Å². The lowest BCUT2D eigenvalue weighted by Gasteiger charge is -2.30. The second-order valence-electron chi connectivity index (χ2n) is 7.75. The van der Waals surface area contributed by atoms with Crippen molar-refractivity contribution in [3.63, 3.8) is 0 Å². The minimum atomic E-state index is 0.597. The fourth-order valence-corrected chi connectivity index (χ4v) is 2.85. The number of hydrogen-bond acceptors (Lipinski definition) is 3. The Morgan fingerprint density at radius 3 is 2.00 bits per heavy atom. The van der Waals surface area contributed by atoms with E-state index in [9.17, 15) is 0 Å². The predicted octanol–water partition coefficient (Wildman–Crippen LogP) is 3.17. The zero-order valence-electron chi connectivity index (χ0n) is 18.2. The molecule has 0 rings (SSSR count). The van der Waals surface area contributed by atoms with Crippen LogP contribution in [0.15, 0.2) is 4.99 Å². The Bertz CT molecular complexity index is 331. The summed E-state index contributed by atoms with van der Waals surface area (Å²) in [6.45, 7) is 20.7. The van der Waals surface area contributed by atoms with Gasteiger partial charge in [0, 0.05) is 44.3 Å². The maximum absolute atomic E-state index is 4.72. The van der Waals surface area contributed by atoms with Gasteiger partial charge >= 0.3 is 0 Å². The largest absolute Gasteiger partial charge is 0.357 e. The molecule has 0 aromatic rings. The number of rotatable bonds is 13. The fraction of sp³-hybridized carbons (Fsp3) is 0.950. The van der Waals surface area contributed by atoms with Crippen LogP contribution in [0.2, 0.25) is 0 Å². The van der Waals surface area contributed by atoms with Crippen LogP contribution in [-0.2, 0) is 0 Å². The van der Waals surface area contributed by atoms with Gasteiger partial charge in [-0.25, -0.2) is 0 Å². The Morgan fingerprint density at radius 2 is 1.48 bits per heavy atom. The van der Waals surface area contributed by atoms with Gasteiger partial charge in [-0.3, -0.25) is 9.89 Å². The van der Waals surface area contributed by atoms with E-state index in [4.69, 9.17) is 4.99 Å². The van der Waals surface area contributed by atoms with Crippen molar-refractivity contribution >= 4 is 5.96 Å². The van der Waals surface area contributed by atoms with E-state index < -0.39 is 0 Å². The molecule has 0 heterocycles. The van der Waals surface area contributed by atoms with E-state index in [-0.39, 0.29) is 0 Å². The average molecular weight is 356 g/mol. The van der Waals surface area contributed by atoms with Gasteiger partial charge < -0.3 is 15.5 Å². The van der Waals surface area contributed by atoms with Crippen LogP contribution >= 0.6 is 0 Å². The number of unbranched alkanes of at least 4 members (excludes halogenated alkanes) is 1. The van der Waals surface area contributed by atoms with Crippen LogP contribution in [-0.4, -0.2) is 73.7 Å². The van der Waals surface area contributed by atoms with Crippen LogP contribution in [0.4, 0.5) is 0 Å². The summed E-state index contributed by atoms with van der Waals surface area (Å²) in [5.74, 6) is 0.959. The fourth-order valence-electron chi connectivity index (χ4n) is 2.85. The molecule has 25 heavy (non-hydrogen) atoms. The molecule has 5 heteroatoms. The Kier molecular flexibility index (Phi) is 13.9. The van der Waals surface area contributed by atoms with E-state index in [1.807, 2.05) is 0 Å². The highest BCUT2D eigenvalue weighted by Crippen LogP contribution is 2.05. The summed E-state index contributed by atoms with van der Waals surface area (Å²) in [7, 11) is 2.20. The zero-order chi connectivity index (χ0) is 19.2. The lowest BCUT2D eigenvalue weighted by molar-refractivity contribution is 0.174. The first-order chi connectivity index (χ1) is 11.8. The second kappa shape index (κ2) is 14.4. The Morgan fingerprint density at radius 1 is 0.840 bits per heavy atom. The van der Waals surface area contributed by atoms with Gasteiger partial charge in [-0.2, -0.15) is 0 Å². The summed E-state index contributed by atoms with van der Waals surface area (Å²) < 4.78 is 0. The third-order valence-electron chi connectivity index (χ3n) is 4.63. The molecule has 0 radical (unpaired) electrons. The zero-order valence-corrected chi connectivity index (χ0v) is 18.2.